The largest absolute Gasteiger partial charge is 0.483 e. The first kappa shape index (κ1) is 28.9. The number of amides is 2. The van der Waals surface area contributed by atoms with Crippen LogP contribution in [0.2, 0.25) is 0 Å². The van der Waals surface area contributed by atoms with Crippen LogP contribution in [-0.2, 0) is 22.6 Å². The molecule has 0 aromatic heterocycles. The van der Waals surface area contributed by atoms with E-state index in [4.69, 9.17) is 4.74 Å². The summed E-state index contributed by atoms with van der Waals surface area (Å²) in [5.74, 6) is 0.555. The highest BCUT2D eigenvalue weighted by molar-refractivity contribution is 9.10. The van der Waals surface area contributed by atoms with Gasteiger partial charge in [-0.2, -0.15) is 0 Å². The molecule has 0 heterocycles. The van der Waals surface area contributed by atoms with Gasteiger partial charge < -0.3 is 15.0 Å². The van der Waals surface area contributed by atoms with Crippen molar-refractivity contribution in [3.63, 3.8) is 0 Å². The molecule has 0 spiro atoms. The fraction of sp³-hybridized carbons (Fsp3) is 0.333. The van der Waals surface area contributed by atoms with Gasteiger partial charge in [-0.15, -0.1) is 0 Å². The van der Waals surface area contributed by atoms with Crippen molar-refractivity contribution in [2.45, 2.75) is 52.1 Å². The number of carbonyl (C=O) groups is 2. The molecular formula is C30H34Br2N2O3. The van der Waals surface area contributed by atoms with Gasteiger partial charge in [0, 0.05) is 24.0 Å². The number of ether oxygens (including phenoxy) is 1. The lowest BCUT2D eigenvalue weighted by molar-refractivity contribution is -0.142. The van der Waals surface area contributed by atoms with Gasteiger partial charge in [0.05, 0.1) is 4.47 Å². The predicted octanol–water partition coefficient (Wildman–Crippen LogP) is 6.88. The van der Waals surface area contributed by atoms with Gasteiger partial charge in [-0.25, -0.2) is 0 Å². The number of carbonyl (C=O) groups excluding carboxylic acids is 2. The number of hydrogen-bond donors (Lipinski definition) is 1. The molecule has 0 bridgehead atoms. The maximum absolute atomic E-state index is 13.7. The minimum Gasteiger partial charge on any atom is -0.483 e. The molecule has 2 amide bonds. The van der Waals surface area contributed by atoms with Crippen LogP contribution in [0.4, 0.5) is 0 Å². The Morgan fingerprint density at radius 1 is 0.946 bits per heavy atom. The Balaban J connectivity index is 1.88. The van der Waals surface area contributed by atoms with E-state index >= 15 is 0 Å². The lowest BCUT2D eigenvalue weighted by Crippen LogP contribution is -2.51. The Morgan fingerprint density at radius 2 is 1.65 bits per heavy atom. The van der Waals surface area contributed by atoms with Crippen LogP contribution in [0, 0.1) is 0 Å². The molecule has 0 radical (unpaired) electrons. The molecule has 0 aliphatic carbocycles. The van der Waals surface area contributed by atoms with E-state index in [2.05, 4.69) is 51.0 Å². The Morgan fingerprint density at radius 3 is 2.27 bits per heavy atom. The minimum atomic E-state index is -0.680. The second-order valence-electron chi connectivity index (χ2n) is 9.28. The smallest absolute Gasteiger partial charge is 0.261 e. The van der Waals surface area contributed by atoms with Crippen LogP contribution < -0.4 is 10.1 Å². The van der Waals surface area contributed by atoms with Crippen molar-refractivity contribution < 1.29 is 14.3 Å². The quantitative estimate of drug-likeness (QED) is 0.238. The molecule has 7 heteroatoms. The third kappa shape index (κ3) is 8.71. The molecular weight excluding hydrogens is 596 g/mol. The zero-order valence-corrected chi connectivity index (χ0v) is 24.7. The van der Waals surface area contributed by atoms with Gasteiger partial charge >= 0.3 is 0 Å². The lowest BCUT2D eigenvalue weighted by Gasteiger charge is -2.31. The van der Waals surface area contributed by atoms with Crippen LogP contribution in [0.1, 0.15) is 49.8 Å². The number of halogens is 2. The van der Waals surface area contributed by atoms with E-state index in [1.54, 1.807) is 4.90 Å². The average Bonchev–Trinajstić information content (AvgIpc) is 2.90. The van der Waals surface area contributed by atoms with Crippen molar-refractivity contribution >= 4 is 43.7 Å². The average molecular weight is 630 g/mol. The summed E-state index contributed by atoms with van der Waals surface area (Å²) < 4.78 is 7.71. The Labute approximate surface area is 236 Å². The highest BCUT2D eigenvalue weighted by Gasteiger charge is 2.30. The lowest BCUT2D eigenvalue weighted by atomic mass is 10.0. The van der Waals surface area contributed by atoms with Crippen molar-refractivity contribution in [1.29, 1.82) is 0 Å². The molecule has 5 nitrogen and oxygen atoms in total. The van der Waals surface area contributed by atoms with Gasteiger partial charge in [0.1, 0.15) is 11.8 Å². The molecule has 0 saturated carbocycles. The fourth-order valence-corrected chi connectivity index (χ4v) is 4.70. The second kappa shape index (κ2) is 14.3. The van der Waals surface area contributed by atoms with Gasteiger partial charge in [-0.05, 0) is 69.2 Å². The normalized spacial score (nSPS) is 11.7. The first-order valence-electron chi connectivity index (χ1n) is 12.6. The fourth-order valence-electron chi connectivity index (χ4n) is 3.92. The molecule has 0 aliphatic heterocycles. The van der Waals surface area contributed by atoms with Crippen molar-refractivity contribution in [2.75, 3.05) is 13.2 Å². The predicted molar refractivity (Wildman–Crippen MR) is 156 cm³/mol. The molecule has 3 aromatic carbocycles. The number of rotatable bonds is 12. The van der Waals surface area contributed by atoms with Crippen LogP contribution in [0.3, 0.4) is 0 Å². The minimum absolute atomic E-state index is 0.168. The monoisotopic (exact) mass is 628 g/mol. The van der Waals surface area contributed by atoms with Crippen molar-refractivity contribution in [1.82, 2.24) is 10.2 Å². The molecule has 3 aromatic rings. The highest BCUT2D eigenvalue weighted by Crippen LogP contribution is 2.29. The maximum atomic E-state index is 13.7. The second-order valence-corrected chi connectivity index (χ2v) is 11.0. The number of hydrogen-bond acceptors (Lipinski definition) is 3. The van der Waals surface area contributed by atoms with Crippen LogP contribution in [0.5, 0.6) is 5.75 Å². The topological polar surface area (TPSA) is 58.6 Å². The SMILES string of the molecule is CCCNC(=O)[C@H](Cc1ccccc1)N(Cc1ccc(Br)cc1)C(=O)COc1ccc(C(C)C)cc1Br. The van der Waals surface area contributed by atoms with Crippen molar-refractivity contribution in [3.05, 3.63) is 98.4 Å². The summed E-state index contributed by atoms with van der Waals surface area (Å²) in [6, 6.07) is 22.8. The van der Waals surface area contributed by atoms with E-state index in [0.717, 1.165) is 26.5 Å². The molecule has 1 atom stereocenters. The Bertz CT molecular complexity index is 1170. The molecule has 0 saturated heterocycles. The first-order chi connectivity index (χ1) is 17.8. The van der Waals surface area contributed by atoms with Gasteiger partial charge in [0.15, 0.2) is 6.61 Å². The molecule has 0 fully saturated rings. The van der Waals surface area contributed by atoms with Crippen molar-refractivity contribution in [3.8, 4) is 5.75 Å². The third-order valence-electron chi connectivity index (χ3n) is 6.06. The van der Waals surface area contributed by atoms with Gasteiger partial charge in [0.2, 0.25) is 5.91 Å². The summed E-state index contributed by atoms with van der Waals surface area (Å²) in [7, 11) is 0. The standard InChI is InChI=1S/C30H34Br2N2O3/c1-4-16-33-30(36)27(17-22-8-6-5-7-9-22)34(19-23-10-13-25(31)14-11-23)29(35)20-37-28-15-12-24(21(2)3)18-26(28)32/h5-15,18,21,27H,4,16-17,19-20H2,1-3H3,(H,33,36)/t27-/m0/s1. The third-order valence-corrected chi connectivity index (χ3v) is 7.21. The Hall–Kier alpha value is -2.64. The zero-order valence-electron chi connectivity index (χ0n) is 21.5. The zero-order chi connectivity index (χ0) is 26.8. The molecule has 196 valence electrons. The van der Waals surface area contributed by atoms with E-state index in [-0.39, 0.29) is 18.4 Å². The van der Waals surface area contributed by atoms with Crippen LogP contribution in [0.25, 0.3) is 0 Å². The van der Waals surface area contributed by atoms with Crippen LogP contribution >= 0.6 is 31.9 Å². The summed E-state index contributed by atoms with van der Waals surface area (Å²) in [5, 5.41) is 2.99. The van der Waals surface area contributed by atoms with E-state index in [1.165, 1.54) is 5.56 Å². The molecule has 0 aliphatic rings. The number of nitrogens with zero attached hydrogens (tertiary/aromatic N) is 1. The number of benzene rings is 3. The summed E-state index contributed by atoms with van der Waals surface area (Å²) in [6.45, 7) is 6.93. The van der Waals surface area contributed by atoms with E-state index < -0.39 is 6.04 Å². The van der Waals surface area contributed by atoms with Gasteiger partial charge in [-0.3, -0.25) is 9.59 Å². The van der Waals surface area contributed by atoms with E-state index in [9.17, 15) is 9.59 Å². The summed E-state index contributed by atoms with van der Waals surface area (Å²) >= 11 is 7.04. The molecule has 3 rings (SSSR count). The Kier molecular flexibility index (Phi) is 11.2. The molecule has 37 heavy (non-hydrogen) atoms. The maximum Gasteiger partial charge on any atom is 0.261 e. The highest BCUT2D eigenvalue weighted by atomic mass is 79.9. The number of nitrogens with one attached hydrogen (secondary N) is 1. The summed E-state index contributed by atoms with van der Waals surface area (Å²) in [6.07, 6.45) is 1.22. The molecule has 0 unspecified atom stereocenters. The van der Waals surface area contributed by atoms with Crippen molar-refractivity contribution in [2.24, 2.45) is 0 Å². The van der Waals surface area contributed by atoms with E-state index in [0.29, 0.717) is 31.2 Å². The molecule has 1 N–H and O–H groups in total. The van der Waals surface area contributed by atoms with E-state index in [1.807, 2.05) is 79.7 Å². The van der Waals surface area contributed by atoms with Gasteiger partial charge in [0.25, 0.3) is 5.91 Å². The summed E-state index contributed by atoms with van der Waals surface area (Å²) in [4.78, 5) is 28.7. The van der Waals surface area contributed by atoms with Gasteiger partial charge in [-0.1, -0.05) is 85.2 Å². The van der Waals surface area contributed by atoms with Crippen LogP contribution in [-0.4, -0.2) is 35.9 Å². The van der Waals surface area contributed by atoms with Crippen LogP contribution in [0.15, 0.2) is 81.7 Å². The summed E-state index contributed by atoms with van der Waals surface area (Å²) in [5.41, 5.74) is 3.10. The first-order valence-corrected chi connectivity index (χ1v) is 14.1.